The molecule has 0 spiro atoms. The Kier molecular flexibility index (Phi) is 3.77. The number of carboxylic acid groups (broad SMARTS) is 1. The molecule has 1 aromatic rings. The minimum absolute atomic E-state index is 0.172. The summed E-state index contributed by atoms with van der Waals surface area (Å²) in [5, 5.41) is 30.7. The number of aromatic carboxylic acids is 1. The lowest BCUT2D eigenvalue weighted by atomic mass is 9.81. The Morgan fingerprint density at radius 2 is 1.57 bits per heavy atom. The van der Waals surface area contributed by atoms with Crippen molar-refractivity contribution in [3.05, 3.63) is 57.9 Å². The number of hydrogen-bond donors (Lipinski definition) is 2. The second kappa shape index (κ2) is 5.52. The van der Waals surface area contributed by atoms with Crippen molar-refractivity contribution in [3.8, 4) is 12.1 Å². The molecule has 0 fully saturated rings. The van der Waals surface area contributed by atoms with Gasteiger partial charge in [-0.05, 0) is 31.5 Å². The van der Waals surface area contributed by atoms with Crippen molar-refractivity contribution in [2.24, 2.45) is 0 Å². The first kappa shape index (κ1) is 14.4. The third kappa shape index (κ3) is 2.50. The molecule has 5 nitrogen and oxygen atoms in total. The van der Waals surface area contributed by atoms with Gasteiger partial charge < -0.3 is 10.4 Å². The summed E-state index contributed by atoms with van der Waals surface area (Å²) in [6.45, 7) is 3.57. The Bertz CT molecular complexity index is 707. The number of nitrogens with one attached hydrogen (secondary N) is 1. The molecule has 1 aliphatic rings. The van der Waals surface area contributed by atoms with Crippen LogP contribution in [0.3, 0.4) is 0 Å². The van der Waals surface area contributed by atoms with Crippen molar-refractivity contribution < 1.29 is 9.90 Å². The van der Waals surface area contributed by atoms with Crippen molar-refractivity contribution >= 4 is 5.97 Å². The van der Waals surface area contributed by atoms with Gasteiger partial charge in [-0.15, -0.1) is 0 Å². The van der Waals surface area contributed by atoms with Gasteiger partial charge in [0.25, 0.3) is 0 Å². The van der Waals surface area contributed by atoms with Gasteiger partial charge in [-0.2, -0.15) is 10.5 Å². The van der Waals surface area contributed by atoms with Crippen LogP contribution >= 0.6 is 0 Å². The molecule has 0 aliphatic carbocycles. The van der Waals surface area contributed by atoms with Crippen LogP contribution in [0.15, 0.2) is 46.8 Å². The molecule has 0 saturated carbocycles. The number of nitrogens with zero attached hydrogens (tertiary/aromatic N) is 2. The van der Waals surface area contributed by atoms with Crippen molar-refractivity contribution in [1.29, 1.82) is 10.5 Å². The Hall–Kier alpha value is -3.05. The zero-order valence-electron chi connectivity index (χ0n) is 11.6. The van der Waals surface area contributed by atoms with E-state index in [1.165, 1.54) is 12.1 Å². The van der Waals surface area contributed by atoms with Crippen LogP contribution < -0.4 is 5.32 Å². The maximum Gasteiger partial charge on any atom is 0.335 e. The number of dihydropyridines is 1. The minimum Gasteiger partial charge on any atom is -0.478 e. The standard InChI is InChI=1S/C16H13N3O2/c1-9-13(7-17)15(14(8-18)10(2)19-9)11-3-5-12(6-4-11)16(20)21/h3-6,15,19H,1-2H3,(H,20,21). The number of allylic oxidation sites excluding steroid dienone is 4. The maximum absolute atomic E-state index is 10.9. The highest BCUT2D eigenvalue weighted by Crippen LogP contribution is 2.37. The maximum atomic E-state index is 10.9. The number of carboxylic acids is 1. The number of rotatable bonds is 2. The summed E-state index contributed by atoms with van der Waals surface area (Å²) in [4.78, 5) is 10.9. The fourth-order valence-corrected chi connectivity index (χ4v) is 2.44. The predicted molar refractivity (Wildman–Crippen MR) is 75.9 cm³/mol. The van der Waals surface area contributed by atoms with E-state index in [1.54, 1.807) is 26.0 Å². The summed E-state index contributed by atoms with van der Waals surface area (Å²) in [6.07, 6.45) is 0. The molecule has 0 bridgehead atoms. The van der Waals surface area contributed by atoms with E-state index in [1.807, 2.05) is 0 Å². The van der Waals surface area contributed by atoms with Gasteiger partial charge >= 0.3 is 5.97 Å². The molecule has 21 heavy (non-hydrogen) atoms. The minimum atomic E-state index is -1.01. The molecule has 0 amide bonds. The van der Waals surface area contributed by atoms with E-state index in [-0.39, 0.29) is 5.56 Å². The molecular weight excluding hydrogens is 266 g/mol. The van der Waals surface area contributed by atoms with Gasteiger partial charge in [0, 0.05) is 11.4 Å². The van der Waals surface area contributed by atoms with Crippen LogP contribution in [0.1, 0.15) is 35.7 Å². The molecule has 5 heteroatoms. The van der Waals surface area contributed by atoms with Crippen LogP contribution in [0, 0.1) is 22.7 Å². The SMILES string of the molecule is CC1=C(C#N)C(c2ccc(C(=O)O)cc2)C(C#N)=C(C)N1. The van der Waals surface area contributed by atoms with E-state index in [2.05, 4.69) is 17.5 Å². The molecule has 0 atom stereocenters. The van der Waals surface area contributed by atoms with E-state index in [0.29, 0.717) is 22.5 Å². The third-order valence-corrected chi connectivity index (χ3v) is 3.49. The topological polar surface area (TPSA) is 96.9 Å². The zero-order valence-corrected chi connectivity index (χ0v) is 11.6. The fourth-order valence-electron chi connectivity index (χ4n) is 2.44. The summed E-state index contributed by atoms with van der Waals surface area (Å²) in [7, 11) is 0. The molecule has 104 valence electrons. The lowest BCUT2D eigenvalue weighted by Gasteiger charge is -2.26. The summed E-state index contributed by atoms with van der Waals surface area (Å²) in [6, 6.07) is 10.5. The van der Waals surface area contributed by atoms with Gasteiger partial charge in [0.05, 0.1) is 34.8 Å². The number of hydrogen-bond acceptors (Lipinski definition) is 4. The summed E-state index contributed by atoms with van der Waals surface area (Å²) < 4.78 is 0. The monoisotopic (exact) mass is 279 g/mol. The smallest absolute Gasteiger partial charge is 0.335 e. The van der Waals surface area contributed by atoms with Crippen LogP contribution in [-0.4, -0.2) is 11.1 Å². The van der Waals surface area contributed by atoms with Gasteiger partial charge in [0.15, 0.2) is 0 Å². The first-order chi connectivity index (χ1) is 9.99. The van der Waals surface area contributed by atoms with Crippen molar-refractivity contribution in [3.63, 3.8) is 0 Å². The van der Waals surface area contributed by atoms with E-state index in [4.69, 9.17) is 5.11 Å². The van der Waals surface area contributed by atoms with Crippen molar-refractivity contribution in [1.82, 2.24) is 5.32 Å². The van der Waals surface area contributed by atoms with E-state index in [0.717, 1.165) is 5.56 Å². The van der Waals surface area contributed by atoms with Crippen LogP contribution in [0.2, 0.25) is 0 Å². The van der Waals surface area contributed by atoms with Gasteiger partial charge in [-0.1, -0.05) is 12.1 Å². The predicted octanol–water partition coefficient (Wildman–Crippen LogP) is 2.67. The summed E-state index contributed by atoms with van der Waals surface area (Å²) >= 11 is 0. The van der Waals surface area contributed by atoms with E-state index >= 15 is 0 Å². The quantitative estimate of drug-likeness (QED) is 0.867. The molecule has 2 rings (SSSR count). The molecule has 0 radical (unpaired) electrons. The largest absolute Gasteiger partial charge is 0.478 e. The van der Waals surface area contributed by atoms with Gasteiger partial charge in [-0.25, -0.2) is 4.79 Å². The highest BCUT2D eigenvalue weighted by Gasteiger charge is 2.29. The molecule has 0 unspecified atom stereocenters. The number of nitriles is 2. The van der Waals surface area contributed by atoms with Crippen LogP contribution in [-0.2, 0) is 0 Å². The third-order valence-electron chi connectivity index (χ3n) is 3.49. The molecule has 0 aromatic heterocycles. The molecule has 0 saturated heterocycles. The van der Waals surface area contributed by atoms with Gasteiger partial charge in [0.2, 0.25) is 0 Å². The van der Waals surface area contributed by atoms with Crippen LogP contribution in [0.4, 0.5) is 0 Å². The molecule has 1 aliphatic heterocycles. The van der Waals surface area contributed by atoms with E-state index in [9.17, 15) is 15.3 Å². The van der Waals surface area contributed by atoms with Crippen molar-refractivity contribution in [2.45, 2.75) is 19.8 Å². The Morgan fingerprint density at radius 1 is 1.10 bits per heavy atom. The Balaban J connectivity index is 2.57. The van der Waals surface area contributed by atoms with Crippen molar-refractivity contribution in [2.75, 3.05) is 0 Å². The van der Waals surface area contributed by atoms with Gasteiger partial charge in [0.1, 0.15) is 0 Å². The highest BCUT2D eigenvalue weighted by atomic mass is 16.4. The van der Waals surface area contributed by atoms with Gasteiger partial charge in [-0.3, -0.25) is 0 Å². The number of carbonyl (C=O) groups is 1. The summed E-state index contributed by atoms with van der Waals surface area (Å²) in [5.74, 6) is -1.46. The Labute approximate surface area is 122 Å². The summed E-state index contributed by atoms with van der Waals surface area (Å²) in [5.41, 5.74) is 3.27. The van der Waals surface area contributed by atoms with Crippen LogP contribution in [0.5, 0.6) is 0 Å². The normalized spacial score (nSPS) is 15.2. The lowest BCUT2D eigenvalue weighted by Crippen LogP contribution is -2.23. The first-order valence-corrected chi connectivity index (χ1v) is 6.31. The second-order valence-corrected chi connectivity index (χ2v) is 4.79. The molecule has 1 aromatic carbocycles. The van der Waals surface area contributed by atoms with Crippen LogP contribution in [0.25, 0.3) is 0 Å². The Morgan fingerprint density at radius 3 is 1.95 bits per heavy atom. The second-order valence-electron chi connectivity index (χ2n) is 4.79. The number of benzene rings is 1. The first-order valence-electron chi connectivity index (χ1n) is 6.31. The van der Waals surface area contributed by atoms with E-state index < -0.39 is 11.9 Å². The average molecular weight is 279 g/mol. The zero-order chi connectivity index (χ0) is 15.6. The fraction of sp³-hybridized carbons (Fsp3) is 0.188. The molecule has 1 heterocycles. The average Bonchev–Trinajstić information content (AvgIpc) is 2.46. The molecular formula is C16H13N3O2. The highest BCUT2D eigenvalue weighted by molar-refractivity contribution is 5.87. The lowest BCUT2D eigenvalue weighted by molar-refractivity contribution is 0.0697. The molecule has 2 N–H and O–H groups in total.